The van der Waals surface area contributed by atoms with Gasteiger partial charge in [-0.25, -0.2) is 176 Å². The molecular weight excluding hydrogens is 1380 g/mol. The maximum absolute atomic E-state index is 13.4. The van der Waals surface area contributed by atoms with Gasteiger partial charge in [0.05, 0.1) is 44.5 Å². The number of halogens is 40. The fraction of sp³-hybridized carbons (Fsp3) is 0. The van der Waals surface area contributed by atoms with Crippen LogP contribution in [0.5, 0.6) is 0 Å². The fourth-order valence-electron chi connectivity index (χ4n) is 6.60. The molecule has 0 atom stereocenters. The second-order valence-corrected chi connectivity index (χ2v) is 15.7. The molecule has 2 N–H and O–H groups in total. The number of benzene rings is 8. The molecule has 0 aliphatic heterocycles. The normalized spacial score (nSPS) is 11.0. The van der Waals surface area contributed by atoms with Crippen LogP contribution in [-0.4, -0.2) is 17.7 Å². The molecule has 489 valence electrons. The zero-order valence-corrected chi connectivity index (χ0v) is 40.6. The molecule has 8 aromatic rings. The Morgan fingerprint density at radius 1 is 0.0989 bits per heavy atom. The van der Waals surface area contributed by atoms with E-state index >= 15 is 0 Å². The van der Waals surface area contributed by atoms with Crippen LogP contribution in [0.3, 0.4) is 0 Å². The van der Waals surface area contributed by atoms with E-state index in [9.17, 15) is 176 Å². The lowest BCUT2D eigenvalue weighted by molar-refractivity contribution is 0.370. The first-order valence-corrected chi connectivity index (χ1v) is 21.1. The van der Waals surface area contributed by atoms with E-state index in [-0.39, 0.29) is 7.69 Å². The molecule has 0 amide bonds. The SMILES string of the molecule is Fc1c(F)c(F)c(-c2c(F)c(F)c(F)c(F)c2F)c(F)c1F.Fc1c(F)c(F)c(-c2c(F)c(F)c(F)c(F)c2F)c(F)c1F.Fc1c(F)c(F)c(-c2c(F)c(F)c(F)c(F)c2F)c(F)c1F.Fc1c(F)c(F)c(-c2c(F)c(F)c(F)c(F)c2F)c(F)c1F.O[B]O. The van der Waals surface area contributed by atoms with Crippen LogP contribution < -0.4 is 0 Å². The molecule has 8 rings (SSSR count). The van der Waals surface area contributed by atoms with Crippen molar-refractivity contribution in [2.45, 2.75) is 0 Å². The van der Waals surface area contributed by atoms with Gasteiger partial charge in [0.2, 0.25) is 46.5 Å². The Morgan fingerprint density at radius 2 is 0.132 bits per heavy atom. The van der Waals surface area contributed by atoms with E-state index in [1.54, 1.807) is 0 Å². The molecule has 43 heteroatoms. The standard InChI is InChI=1S/4C12F10.BH2O2/c4*13-3-1(4(14)8(18)11(21)7(3)17)2-5(15)9(19)12(22)10(20)6(2)16;2-1-3/h;;;;2-3H. The summed E-state index contributed by atoms with van der Waals surface area (Å²) in [5, 5.41) is 14.0. The highest BCUT2D eigenvalue weighted by Crippen LogP contribution is 2.42. The van der Waals surface area contributed by atoms with Crippen LogP contribution in [0.2, 0.25) is 0 Å². The third kappa shape index (κ3) is 12.7. The summed E-state index contributed by atoms with van der Waals surface area (Å²) < 4.78 is 525. The van der Waals surface area contributed by atoms with Gasteiger partial charge in [0.15, 0.2) is 186 Å². The largest absolute Gasteiger partial charge is 0.482 e. The van der Waals surface area contributed by atoms with E-state index in [4.69, 9.17) is 10.0 Å². The van der Waals surface area contributed by atoms with Gasteiger partial charge in [-0.2, -0.15) is 0 Å². The van der Waals surface area contributed by atoms with Crippen LogP contribution in [0.15, 0.2) is 0 Å². The predicted molar refractivity (Wildman–Crippen MR) is 216 cm³/mol. The summed E-state index contributed by atoms with van der Waals surface area (Å²) >= 11 is 0. The zero-order chi connectivity index (χ0) is 70.4. The van der Waals surface area contributed by atoms with Crippen LogP contribution in [0.25, 0.3) is 44.5 Å². The van der Waals surface area contributed by atoms with Crippen molar-refractivity contribution in [2.24, 2.45) is 0 Å². The lowest BCUT2D eigenvalue weighted by atomic mass is 10.0. The van der Waals surface area contributed by atoms with E-state index in [2.05, 4.69) is 0 Å². The topological polar surface area (TPSA) is 40.5 Å². The molecule has 2 nitrogen and oxygen atoms in total. The highest BCUT2D eigenvalue weighted by atomic mass is 19.2. The zero-order valence-electron chi connectivity index (χ0n) is 40.6. The van der Waals surface area contributed by atoms with Crippen molar-refractivity contribution < 1.29 is 186 Å². The minimum Gasteiger partial charge on any atom is -0.429 e. The number of rotatable bonds is 4. The van der Waals surface area contributed by atoms with Gasteiger partial charge in [0.25, 0.3) is 0 Å². The van der Waals surface area contributed by atoms with E-state index < -0.39 is 277 Å². The Hall–Kier alpha value is -9.06. The minimum absolute atomic E-state index is 0. The molecule has 0 spiro atoms. The molecule has 0 fully saturated rings. The van der Waals surface area contributed by atoms with Gasteiger partial charge in [0.1, 0.15) is 0 Å². The van der Waals surface area contributed by atoms with E-state index in [0.717, 1.165) is 0 Å². The van der Waals surface area contributed by atoms with Crippen LogP contribution in [0.4, 0.5) is 176 Å². The Balaban J connectivity index is 0.000000255. The Labute approximate surface area is 470 Å². The van der Waals surface area contributed by atoms with Gasteiger partial charge in [0, 0.05) is 0 Å². The second kappa shape index (κ2) is 28.0. The van der Waals surface area contributed by atoms with Crippen LogP contribution in [0, 0.1) is 233 Å². The van der Waals surface area contributed by atoms with Crippen molar-refractivity contribution in [1.82, 2.24) is 0 Å². The third-order valence-corrected chi connectivity index (χ3v) is 10.7. The summed E-state index contributed by atoms with van der Waals surface area (Å²) in [4.78, 5) is 0. The molecule has 0 aliphatic rings. The highest BCUT2D eigenvalue weighted by Gasteiger charge is 2.39. The number of hydrogen-bond acceptors (Lipinski definition) is 2. The first kappa shape index (κ1) is 74.4. The summed E-state index contributed by atoms with van der Waals surface area (Å²) in [6.07, 6.45) is 0. The van der Waals surface area contributed by atoms with E-state index in [0.29, 0.717) is 0 Å². The van der Waals surface area contributed by atoms with E-state index in [1.165, 1.54) is 0 Å². The molecule has 0 saturated carbocycles. The average molecular weight is 1380 g/mol. The quantitative estimate of drug-likeness (QED) is 0.0798. The smallest absolute Gasteiger partial charge is 0.429 e. The average Bonchev–Trinajstić information content (AvgIpc) is 0.796. The van der Waals surface area contributed by atoms with Crippen molar-refractivity contribution in [3.8, 4) is 44.5 Å². The Kier molecular flexibility index (Phi) is 22.9. The third-order valence-electron chi connectivity index (χ3n) is 10.7. The van der Waals surface area contributed by atoms with Crippen molar-refractivity contribution in [2.75, 3.05) is 0 Å². The fourth-order valence-corrected chi connectivity index (χ4v) is 6.60. The van der Waals surface area contributed by atoms with Crippen LogP contribution >= 0.6 is 0 Å². The maximum Gasteiger partial charge on any atom is 0.482 e. The maximum atomic E-state index is 13.4. The monoisotopic (exact) mass is 1380 g/mol. The highest BCUT2D eigenvalue weighted by molar-refractivity contribution is 6.13. The van der Waals surface area contributed by atoms with Gasteiger partial charge in [-0.05, 0) is 0 Å². The number of hydrogen-bond donors (Lipinski definition) is 2. The van der Waals surface area contributed by atoms with Crippen molar-refractivity contribution in [1.29, 1.82) is 0 Å². The van der Waals surface area contributed by atoms with Gasteiger partial charge in [-0.15, -0.1) is 0 Å². The minimum atomic E-state index is -2.68. The summed E-state index contributed by atoms with van der Waals surface area (Å²) in [7, 11) is 0. The van der Waals surface area contributed by atoms with Crippen molar-refractivity contribution in [3.63, 3.8) is 0 Å². The van der Waals surface area contributed by atoms with Gasteiger partial charge in [-0.3, -0.25) is 0 Å². The molecule has 1 radical (unpaired) electrons. The van der Waals surface area contributed by atoms with Gasteiger partial charge < -0.3 is 10.0 Å². The molecule has 0 unspecified atom stereocenters. The van der Waals surface area contributed by atoms with Crippen LogP contribution in [0.1, 0.15) is 0 Å². The predicted octanol–water partition coefficient (Wildman–Crippen LogP) is 17.5. The molecule has 91 heavy (non-hydrogen) atoms. The first-order chi connectivity index (χ1) is 41.8. The molecule has 0 aliphatic carbocycles. The van der Waals surface area contributed by atoms with Crippen LogP contribution in [-0.2, 0) is 0 Å². The lowest BCUT2D eigenvalue weighted by Gasteiger charge is -2.11. The second-order valence-electron chi connectivity index (χ2n) is 15.7. The molecule has 0 saturated heterocycles. The molecular formula is C48H2BF40O2. The van der Waals surface area contributed by atoms with Gasteiger partial charge in [-0.1, -0.05) is 0 Å². The molecule has 0 bridgehead atoms. The van der Waals surface area contributed by atoms with Crippen molar-refractivity contribution >= 4 is 7.69 Å². The molecule has 0 aromatic heterocycles. The summed E-state index contributed by atoms with van der Waals surface area (Å²) in [5.41, 5.74) is -18.1. The van der Waals surface area contributed by atoms with Gasteiger partial charge >= 0.3 is 7.69 Å². The van der Waals surface area contributed by atoms with Crippen molar-refractivity contribution in [3.05, 3.63) is 233 Å². The molecule has 8 aromatic carbocycles. The molecule has 0 heterocycles. The Bertz CT molecular complexity index is 3260. The van der Waals surface area contributed by atoms with E-state index in [1.807, 2.05) is 0 Å². The summed E-state index contributed by atoms with van der Waals surface area (Å²) in [6, 6.07) is 0. The summed E-state index contributed by atoms with van der Waals surface area (Å²) in [5.74, 6) is -107. The summed E-state index contributed by atoms with van der Waals surface area (Å²) in [6.45, 7) is 0. The Morgan fingerprint density at radius 3 is 0.176 bits per heavy atom. The first-order valence-electron chi connectivity index (χ1n) is 21.1. The lowest BCUT2D eigenvalue weighted by Crippen LogP contribution is -2.10.